The molecule has 5 N–H and O–H groups in total. The number of hydrogen-bond donors (Lipinski definition) is 5. The zero-order valence-electron chi connectivity index (χ0n) is 59.2. The van der Waals surface area contributed by atoms with Crippen molar-refractivity contribution in [2.24, 2.45) is 41.4 Å². The number of nitrogens with zero attached hydrogens (tertiary/aromatic N) is 7. The highest BCUT2D eigenvalue weighted by Gasteiger charge is 2.49. The molecule has 0 aromatic carbocycles. The Kier molecular flexibility index (Phi) is 34.9. The number of likely N-dealkylation sites (N-methyl/N-ethyl adjacent to an activating group) is 7. The molecular formula is C65H115N11O14S. The summed E-state index contributed by atoms with van der Waals surface area (Å²) in [5.74, 6) is -10.3. The quantitative estimate of drug-likeness (QED) is 0.0355. The first-order valence-corrected chi connectivity index (χ1v) is 33.3. The van der Waals surface area contributed by atoms with E-state index < -0.39 is 149 Å². The molecule has 1 saturated heterocycles. The van der Waals surface area contributed by atoms with E-state index in [4.69, 9.17) is 4.74 Å². The third-order valence-electron chi connectivity index (χ3n) is 17.0. The van der Waals surface area contributed by atoms with E-state index in [1.165, 1.54) is 66.1 Å². The van der Waals surface area contributed by atoms with Crippen molar-refractivity contribution in [3.8, 4) is 0 Å². The number of rotatable bonds is 21. The highest BCUT2D eigenvalue weighted by Crippen LogP contribution is 2.29. The van der Waals surface area contributed by atoms with Crippen molar-refractivity contribution in [2.75, 3.05) is 67.9 Å². The van der Waals surface area contributed by atoms with Crippen LogP contribution in [0.4, 0.5) is 4.79 Å². The summed E-state index contributed by atoms with van der Waals surface area (Å²) in [4.78, 5) is 183. The lowest BCUT2D eigenvalue weighted by Crippen LogP contribution is -2.69. The van der Waals surface area contributed by atoms with E-state index in [9.17, 15) is 33.9 Å². The SMILES string of the molecule is C/C=C/C[C@@H](C)[C@@H](O)[C@@H]1C(=O)N[C@@H](CC)C(=O)N(C)[C@H](CSCCC(=O)OC)C(=O)N(C)[C@@](C=O)(CC(C)C)N[C@H](C(C)C)C(=O)N(C)[C@H](CC(C)C)C(=O)NC(=O)C(C)NC(=O)N(C)C(=O)C(CC(C)C)N(C)[C@H](CC(C)C)C(=O)N(C)[C@H](C(C)C)C(=O)N1C. The second-order valence-corrected chi connectivity index (χ2v) is 28.2. The van der Waals surface area contributed by atoms with E-state index in [0.29, 0.717) is 6.29 Å². The topological polar surface area (TPSA) is 305 Å². The number of hydrogen-bond acceptors (Lipinski definition) is 17. The van der Waals surface area contributed by atoms with Gasteiger partial charge < -0.3 is 45.0 Å². The summed E-state index contributed by atoms with van der Waals surface area (Å²) in [7, 11) is 10.9. The lowest BCUT2D eigenvalue weighted by molar-refractivity contribution is -0.156. The molecule has 0 aromatic heterocycles. The Morgan fingerprint density at radius 3 is 1.62 bits per heavy atom. The molecule has 1 aliphatic heterocycles. The third-order valence-corrected chi connectivity index (χ3v) is 18.0. The van der Waals surface area contributed by atoms with E-state index in [0.717, 1.165) is 31.4 Å². The molecule has 2 unspecified atom stereocenters. The maximum absolute atomic E-state index is 15.5. The number of urea groups is 1. The van der Waals surface area contributed by atoms with Gasteiger partial charge in [-0.25, -0.2) is 4.79 Å². The van der Waals surface area contributed by atoms with Gasteiger partial charge in [0.15, 0.2) is 11.9 Å². The molecule has 12 atom stereocenters. The minimum absolute atomic E-state index is 0.0468. The standard InChI is InChI=1S/C65H115N11O14S/c1-25-27-28-43(15)54(79)53-57(82)67-45(26-2)58(83)72(19)49(35-91-30-29-50(78)90-24)61(86)76(23)65(36-77,34-40(9)10)69-51(41(11)12)62(87)71(18)46(31-37(3)4)56(81)68-55(80)44(16)66-64(89)75(22)60(85)48(33-39(7)8)70(17)47(32-38(5)6)59(84)73(20)52(42(13)14)63(88)74(53)21/h25,27,36-49,51-54,69,79H,26,28-35H2,1-24H3,(H,66,89)(H,67,82)(H,68,80,81)/b27-25+/t43-,44?,45+,46-,47-,48?,49-,51-,52-,53-,54-,65-/m1/s1. The fourth-order valence-electron chi connectivity index (χ4n) is 11.3. The van der Waals surface area contributed by atoms with Crippen molar-refractivity contribution in [1.82, 2.24) is 55.6 Å². The average molecular weight is 1310 g/mol. The van der Waals surface area contributed by atoms with Crippen LogP contribution in [0.2, 0.25) is 0 Å². The first-order chi connectivity index (χ1) is 42.2. The van der Waals surface area contributed by atoms with Crippen molar-refractivity contribution in [3.05, 3.63) is 12.2 Å². The molecule has 26 heteroatoms. The van der Waals surface area contributed by atoms with Crippen LogP contribution < -0.4 is 21.3 Å². The summed E-state index contributed by atoms with van der Waals surface area (Å²) in [5.41, 5.74) is -1.97. The Morgan fingerprint density at radius 1 is 0.626 bits per heavy atom. The summed E-state index contributed by atoms with van der Waals surface area (Å²) in [6.07, 6.45) is 3.00. The van der Waals surface area contributed by atoms with Crippen molar-refractivity contribution in [1.29, 1.82) is 0 Å². The number of carbonyl (C=O) groups is 12. The number of aliphatic hydroxyl groups excluding tert-OH is 1. The normalized spacial score (nSPS) is 26.6. The number of methoxy groups -OCH3 is 1. The van der Waals surface area contributed by atoms with Gasteiger partial charge in [-0.3, -0.25) is 73.2 Å². The van der Waals surface area contributed by atoms with Gasteiger partial charge >= 0.3 is 12.0 Å². The molecule has 0 aliphatic carbocycles. The third kappa shape index (κ3) is 23.2. The van der Waals surface area contributed by atoms with Gasteiger partial charge in [0.05, 0.1) is 37.8 Å². The maximum Gasteiger partial charge on any atom is 0.324 e. The van der Waals surface area contributed by atoms with Crippen LogP contribution in [0.15, 0.2) is 12.2 Å². The van der Waals surface area contributed by atoms with Crippen molar-refractivity contribution >= 4 is 83.2 Å². The number of imide groups is 2. The Morgan fingerprint density at radius 2 is 1.14 bits per heavy atom. The summed E-state index contributed by atoms with van der Waals surface area (Å²) in [6.45, 7) is 28.0. The van der Waals surface area contributed by atoms with Crippen LogP contribution in [-0.4, -0.2) is 245 Å². The molecule has 0 radical (unpaired) electrons. The number of allylic oxidation sites excluding steroid dienone is 2. The van der Waals surface area contributed by atoms with Crippen molar-refractivity contribution in [3.63, 3.8) is 0 Å². The van der Waals surface area contributed by atoms with Gasteiger partial charge in [0.2, 0.25) is 53.2 Å². The molecule has 11 amide bonds. The molecular weight excluding hydrogens is 1190 g/mol. The fraction of sp³-hybridized carbons (Fsp3) is 0.785. The molecule has 1 aliphatic rings. The van der Waals surface area contributed by atoms with Crippen molar-refractivity contribution in [2.45, 2.75) is 222 Å². The Hall–Kier alpha value is -5.99. The first kappa shape index (κ1) is 83.0. The summed E-state index contributed by atoms with van der Waals surface area (Å²) in [5, 5.41) is 23.1. The van der Waals surface area contributed by atoms with E-state index in [1.54, 1.807) is 86.4 Å². The van der Waals surface area contributed by atoms with Crippen LogP contribution in [0.25, 0.3) is 0 Å². The van der Waals surface area contributed by atoms with Gasteiger partial charge in [-0.15, -0.1) is 0 Å². The minimum atomic E-state index is -1.97. The fourth-order valence-corrected chi connectivity index (χ4v) is 12.4. The monoisotopic (exact) mass is 1310 g/mol. The average Bonchev–Trinajstić information content (AvgIpc) is 0.832. The number of thioether (sulfide) groups is 1. The predicted octanol–water partition coefficient (Wildman–Crippen LogP) is 4.14. The number of aliphatic hydroxyl groups is 1. The van der Waals surface area contributed by atoms with E-state index in [1.807, 2.05) is 41.5 Å². The van der Waals surface area contributed by atoms with Crippen LogP contribution >= 0.6 is 11.8 Å². The molecule has 1 rings (SSSR count). The second-order valence-electron chi connectivity index (χ2n) is 27.0. The summed E-state index contributed by atoms with van der Waals surface area (Å²) < 4.78 is 4.85. The van der Waals surface area contributed by atoms with Gasteiger partial charge in [0.25, 0.3) is 0 Å². The molecule has 0 spiro atoms. The number of amides is 11. The number of ether oxygens (including phenoxy) is 1. The summed E-state index contributed by atoms with van der Waals surface area (Å²) in [6, 6.07) is -13.0. The van der Waals surface area contributed by atoms with Crippen LogP contribution in [-0.2, 0) is 57.5 Å². The molecule has 1 heterocycles. The van der Waals surface area contributed by atoms with E-state index in [-0.39, 0.29) is 80.1 Å². The number of carbonyl (C=O) groups excluding carboxylic acids is 12. The first-order valence-electron chi connectivity index (χ1n) is 32.1. The number of aldehydes is 1. The largest absolute Gasteiger partial charge is 0.469 e. The second kappa shape index (κ2) is 38.3. The highest BCUT2D eigenvalue weighted by atomic mass is 32.2. The molecule has 91 heavy (non-hydrogen) atoms. The zero-order valence-corrected chi connectivity index (χ0v) is 60.0. The van der Waals surface area contributed by atoms with Crippen LogP contribution in [0.5, 0.6) is 0 Å². The van der Waals surface area contributed by atoms with Gasteiger partial charge in [0, 0.05) is 53.8 Å². The van der Waals surface area contributed by atoms with Gasteiger partial charge in [0.1, 0.15) is 36.3 Å². The maximum atomic E-state index is 15.5. The van der Waals surface area contributed by atoms with Gasteiger partial charge in [-0.1, -0.05) is 109 Å². The number of esters is 1. The Labute approximate surface area is 547 Å². The molecule has 0 saturated carbocycles. The van der Waals surface area contributed by atoms with Gasteiger partial charge in [-0.2, -0.15) is 11.8 Å². The van der Waals surface area contributed by atoms with Crippen LogP contribution in [0, 0.1) is 41.4 Å². The van der Waals surface area contributed by atoms with E-state index in [2.05, 4.69) is 21.3 Å². The highest BCUT2D eigenvalue weighted by molar-refractivity contribution is 7.99. The van der Waals surface area contributed by atoms with E-state index >= 15 is 28.8 Å². The molecule has 520 valence electrons. The lowest BCUT2D eigenvalue weighted by Gasteiger charge is -2.45. The van der Waals surface area contributed by atoms with Crippen molar-refractivity contribution < 1.29 is 67.4 Å². The molecule has 1 fully saturated rings. The molecule has 0 bridgehead atoms. The smallest absolute Gasteiger partial charge is 0.324 e. The summed E-state index contributed by atoms with van der Waals surface area (Å²) >= 11 is 1.14. The Bertz CT molecular complexity index is 2510. The zero-order chi connectivity index (χ0) is 70.4. The Balaban J connectivity index is 4.64. The number of nitrogens with one attached hydrogen (secondary N) is 4. The molecule has 25 nitrogen and oxygen atoms in total. The lowest BCUT2D eigenvalue weighted by atomic mass is 9.91. The van der Waals surface area contributed by atoms with Crippen LogP contribution in [0.1, 0.15) is 156 Å². The van der Waals surface area contributed by atoms with Gasteiger partial charge in [-0.05, 0) is 101 Å². The molecule has 0 aromatic rings. The predicted molar refractivity (Wildman–Crippen MR) is 352 cm³/mol. The minimum Gasteiger partial charge on any atom is -0.469 e. The van der Waals surface area contributed by atoms with Crippen LogP contribution in [0.3, 0.4) is 0 Å².